The van der Waals surface area contributed by atoms with Crippen LogP contribution in [0.1, 0.15) is 17.5 Å². The molecule has 1 saturated heterocycles. The minimum atomic E-state index is -0.643. The Labute approximate surface area is 185 Å². The Hall–Kier alpha value is -3.41. The van der Waals surface area contributed by atoms with Crippen LogP contribution in [-0.2, 0) is 23.0 Å². The minimum Gasteiger partial charge on any atom is -0.408 e. The van der Waals surface area contributed by atoms with Crippen LogP contribution in [0.4, 0.5) is 0 Å². The number of aromatic nitrogens is 1. The van der Waals surface area contributed by atoms with Crippen molar-refractivity contribution >= 4 is 17.0 Å². The van der Waals surface area contributed by atoms with Crippen LogP contribution in [0.15, 0.2) is 45.6 Å². The number of benzene rings is 2. The standard InChI is InChI=1S/C24H26N4O4/c1-15-10-17(18-6-7-21-20(12-18)28(2)24(30)32-21)5-4-16(15)11-19(13-25)27-23(29)22-14-26-8-3-9-31-22/h4-7,10,12,19,22,26H,3,8-9,11,14H2,1-2H3,(H,27,29)/t19-,22-/m0/s1. The maximum absolute atomic E-state index is 12.5. The third kappa shape index (κ3) is 4.59. The van der Waals surface area contributed by atoms with Gasteiger partial charge in [-0.3, -0.25) is 9.36 Å². The molecule has 8 heteroatoms. The Bertz CT molecular complexity index is 1230. The van der Waals surface area contributed by atoms with Crippen LogP contribution in [0.5, 0.6) is 0 Å². The summed E-state index contributed by atoms with van der Waals surface area (Å²) >= 11 is 0. The van der Waals surface area contributed by atoms with Crippen molar-refractivity contribution < 1.29 is 13.9 Å². The third-order valence-electron chi connectivity index (χ3n) is 5.80. The van der Waals surface area contributed by atoms with Gasteiger partial charge in [-0.1, -0.05) is 24.3 Å². The number of rotatable bonds is 5. The van der Waals surface area contributed by atoms with Gasteiger partial charge in [-0.15, -0.1) is 0 Å². The number of nitrogens with zero attached hydrogens (tertiary/aromatic N) is 2. The van der Waals surface area contributed by atoms with Crippen LogP contribution in [0.2, 0.25) is 0 Å². The van der Waals surface area contributed by atoms with E-state index in [-0.39, 0.29) is 5.91 Å². The van der Waals surface area contributed by atoms with E-state index in [1.54, 1.807) is 13.1 Å². The number of carbonyl (C=O) groups excluding carboxylic acids is 1. The zero-order chi connectivity index (χ0) is 22.7. The van der Waals surface area contributed by atoms with Crippen molar-refractivity contribution in [3.05, 3.63) is 58.1 Å². The Morgan fingerprint density at radius 3 is 2.88 bits per heavy atom. The summed E-state index contributed by atoms with van der Waals surface area (Å²) in [5.74, 6) is -0.655. The van der Waals surface area contributed by atoms with Gasteiger partial charge in [0.15, 0.2) is 5.58 Å². The van der Waals surface area contributed by atoms with E-state index in [0.29, 0.717) is 25.2 Å². The van der Waals surface area contributed by atoms with Gasteiger partial charge in [0, 0.05) is 26.6 Å². The molecule has 0 radical (unpaired) electrons. The summed E-state index contributed by atoms with van der Waals surface area (Å²) in [5.41, 5.74) is 5.25. The minimum absolute atomic E-state index is 0.265. The van der Waals surface area contributed by atoms with Gasteiger partial charge in [0.2, 0.25) is 0 Å². The maximum Gasteiger partial charge on any atom is 0.419 e. The van der Waals surface area contributed by atoms with Crippen LogP contribution in [0.3, 0.4) is 0 Å². The molecule has 0 bridgehead atoms. The molecule has 1 aliphatic heterocycles. The predicted molar refractivity (Wildman–Crippen MR) is 120 cm³/mol. The first kappa shape index (κ1) is 21.8. The molecule has 1 aromatic heterocycles. The van der Waals surface area contributed by atoms with E-state index in [1.165, 1.54) is 4.57 Å². The van der Waals surface area contributed by atoms with Crippen molar-refractivity contribution in [2.75, 3.05) is 19.7 Å². The molecule has 2 N–H and O–H groups in total. The number of nitrogens with one attached hydrogen (secondary N) is 2. The molecule has 0 spiro atoms. The number of oxazole rings is 1. The Kier molecular flexibility index (Phi) is 6.40. The number of fused-ring (bicyclic) bond motifs is 1. The summed E-state index contributed by atoms with van der Waals surface area (Å²) in [6.45, 7) is 3.78. The van der Waals surface area contributed by atoms with E-state index >= 15 is 0 Å². The van der Waals surface area contributed by atoms with E-state index < -0.39 is 17.9 Å². The van der Waals surface area contributed by atoms with Gasteiger partial charge in [0.05, 0.1) is 11.6 Å². The molecule has 1 fully saturated rings. The van der Waals surface area contributed by atoms with Gasteiger partial charge in [-0.25, -0.2) is 4.79 Å². The van der Waals surface area contributed by atoms with Crippen molar-refractivity contribution in [1.82, 2.24) is 15.2 Å². The van der Waals surface area contributed by atoms with E-state index in [2.05, 4.69) is 16.7 Å². The van der Waals surface area contributed by atoms with Crippen LogP contribution in [0.25, 0.3) is 22.2 Å². The molecule has 2 heterocycles. The average Bonchev–Trinajstić information content (AvgIpc) is 2.97. The molecule has 2 aromatic carbocycles. The predicted octanol–water partition coefficient (Wildman–Crippen LogP) is 2.04. The molecule has 0 unspecified atom stereocenters. The first-order valence-electron chi connectivity index (χ1n) is 10.7. The van der Waals surface area contributed by atoms with Gasteiger partial charge >= 0.3 is 5.76 Å². The van der Waals surface area contributed by atoms with E-state index in [1.807, 2.05) is 37.3 Å². The summed E-state index contributed by atoms with van der Waals surface area (Å²) < 4.78 is 12.3. The Balaban J connectivity index is 1.49. The van der Waals surface area contributed by atoms with Crippen molar-refractivity contribution in [1.29, 1.82) is 5.26 Å². The number of amides is 1. The lowest BCUT2D eigenvalue weighted by Crippen LogP contribution is -2.46. The quantitative estimate of drug-likeness (QED) is 0.636. The average molecular weight is 434 g/mol. The number of nitriles is 1. The molecular formula is C24H26N4O4. The van der Waals surface area contributed by atoms with Crippen LogP contribution in [-0.4, -0.2) is 42.3 Å². The third-order valence-corrected chi connectivity index (χ3v) is 5.80. The number of hydrogen-bond acceptors (Lipinski definition) is 6. The summed E-state index contributed by atoms with van der Waals surface area (Å²) in [6.07, 6.45) is 0.690. The molecule has 166 valence electrons. The van der Waals surface area contributed by atoms with Crippen molar-refractivity contribution in [3.63, 3.8) is 0 Å². The highest BCUT2D eigenvalue weighted by atomic mass is 16.5. The van der Waals surface area contributed by atoms with Crippen LogP contribution >= 0.6 is 0 Å². The monoisotopic (exact) mass is 434 g/mol. The second-order valence-electron chi connectivity index (χ2n) is 8.06. The van der Waals surface area contributed by atoms with Gasteiger partial charge in [-0.2, -0.15) is 5.26 Å². The van der Waals surface area contributed by atoms with Gasteiger partial charge < -0.3 is 19.8 Å². The fourth-order valence-electron chi connectivity index (χ4n) is 3.91. The van der Waals surface area contributed by atoms with E-state index in [9.17, 15) is 14.9 Å². The molecule has 8 nitrogen and oxygen atoms in total. The van der Waals surface area contributed by atoms with Crippen molar-refractivity contribution in [3.8, 4) is 17.2 Å². The summed E-state index contributed by atoms with van der Waals surface area (Å²) in [6, 6.07) is 13.2. The topological polar surface area (TPSA) is 109 Å². The highest BCUT2D eigenvalue weighted by Gasteiger charge is 2.23. The Morgan fingerprint density at radius 2 is 2.09 bits per heavy atom. The largest absolute Gasteiger partial charge is 0.419 e. The van der Waals surface area contributed by atoms with Gasteiger partial charge in [0.25, 0.3) is 5.91 Å². The molecule has 4 rings (SSSR count). The molecular weight excluding hydrogens is 408 g/mol. The summed E-state index contributed by atoms with van der Waals surface area (Å²) in [4.78, 5) is 24.3. The molecule has 0 saturated carbocycles. The maximum atomic E-state index is 12.5. The highest BCUT2D eigenvalue weighted by molar-refractivity contribution is 5.82. The Morgan fingerprint density at radius 1 is 1.31 bits per heavy atom. The molecule has 2 atom stereocenters. The highest BCUT2D eigenvalue weighted by Crippen LogP contribution is 2.26. The summed E-state index contributed by atoms with van der Waals surface area (Å²) in [7, 11) is 1.68. The van der Waals surface area contributed by atoms with Crippen molar-refractivity contribution in [2.45, 2.75) is 31.9 Å². The lowest BCUT2D eigenvalue weighted by atomic mass is 9.96. The van der Waals surface area contributed by atoms with Gasteiger partial charge in [0.1, 0.15) is 12.1 Å². The lowest BCUT2D eigenvalue weighted by molar-refractivity contribution is -0.132. The number of aryl methyl sites for hydroxylation is 2. The second-order valence-corrected chi connectivity index (χ2v) is 8.06. The molecule has 0 aliphatic carbocycles. The normalized spacial score (nSPS) is 17.5. The zero-order valence-corrected chi connectivity index (χ0v) is 18.2. The number of ether oxygens (including phenoxy) is 1. The SMILES string of the molecule is Cc1cc(-c2ccc3oc(=O)n(C)c3c2)ccc1C[C@@H](C#N)NC(=O)[C@@H]1CNCCCO1. The smallest absolute Gasteiger partial charge is 0.408 e. The summed E-state index contributed by atoms with van der Waals surface area (Å²) in [5, 5.41) is 15.6. The van der Waals surface area contributed by atoms with Gasteiger partial charge in [-0.05, 0) is 54.3 Å². The second kappa shape index (κ2) is 9.39. The molecule has 32 heavy (non-hydrogen) atoms. The molecule has 1 aliphatic rings. The van der Waals surface area contributed by atoms with Crippen LogP contribution in [0, 0.1) is 18.3 Å². The number of carbonyl (C=O) groups is 1. The fraction of sp³-hybridized carbons (Fsp3) is 0.375. The first-order chi connectivity index (χ1) is 15.5. The first-order valence-corrected chi connectivity index (χ1v) is 10.7. The fourth-order valence-corrected chi connectivity index (χ4v) is 3.91. The zero-order valence-electron chi connectivity index (χ0n) is 18.2. The van der Waals surface area contributed by atoms with E-state index in [0.717, 1.165) is 40.7 Å². The molecule has 3 aromatic rings. The molecule has 1 amide bonds. The number of hydrogen-bond donors (Lipinski definition) is 2. The van der Waals surface area contributed by atoms with Crippen molar-refractivity contribution in [2.24, 2.45) is 7.05 Å². The van der Waals surface area contributed by atoms with Crippen LogP contribution < -0.4 is 16.4 Å². The lowest BCUT2D eigenvalue weighted by Gasteiger charge is -2.18. The van der Waals surface area contributed by atoms with E-state index in [4.69, 9.17) is 9.15 Å².